The number of amides is 1. The molecule has 5 rings (SSSR count). The van der Waals surface area contributed by atoms with E-state index in [9.17, 15) is 13.6 Å². The van der Waals surface area contributed by atoms with Gasteiger partial charge in [-0.05, 0) is 67.4 Å². The number of nitrogens with one attached hydrogen (secondary N) is 1. The van der Waals surface area contributed by atoms with Crippen LogP contribution in [0.2, 0.25) is 0 Å². The number of halogens is 2. The van der Waals surface area contributed by atoms with Crippen LogP contribution in [0, 0.1) is 17.6 Å². The SMILES string of the molecule is CCCN1C(=O)C(c2ccc(F)cc2)(c2ccc(F)cc2)N=C1C(C)C.CCNCCC1(C)COc2ccccc21. The van der Waals surface area contributed by atoms with Gasteiger partial charge in [-0.25, -0.2) is 13.8 Å². The Morgan fingerprint density at radius 2 is 1.54 bits per heavy atom. The Morgan fingerprint density at radius 3 is 2.07 bits per heavy atom. The van der Waals surface area contributed by atoms with Crippen LogP contribution in [0.15, 0.2) is 77.8 Å². The molecule has 3 aromatic carbocycles. The standard InChI is InChI=1S/C21H22F2N2O.C13H19NO/c1-4-13-25-19(14(2)3)24-21(20(25)26,15-5-9-17(22)10-6-15)16-7-11-18(23)12-8-16;1-3-14-9-8-13(2)10-15-12-7-5-4-6-11(12)13/h5-12,14H,4,13H2,1-3H3;4-7,14H,3,8-10H2,1-2H3. The van der Waals surface area contributed by atoms with E-state index >= 15 is 0 Å². The summed E-state index contributed by atoms with van der Waals surface area (Å²) in [6.45, 7) is 13.9. The molecule has 2 heterocycles. The third kappa shape index (κ3) is 6.20. The lowest BCUT2D eigenvalue weighted by Crippen LogP contribution is -2.43. The number of benzene rings is 3. The number of fused-ring (bicyclic) bond motifs is 1. The molecule has 0 saturated heterocycles. The minimum atomic E-state index is -1.31. The highest BCUT2D eigenvalue weighted by molar-refractivity contribution is 6.11. The van der Waals surface area contributed by atoms with E-state index in [1.54, 1.807) is 29.2 Å². The van der Waals surface area contributed by atoms with E-state index in [1.807, 2.05) is 26.8 Å². The Labute approximate surface area is 242 Å². The average Bonchev–Trinajstić information content (AvgIpc) is 3.46. The van der Waals surface area contributed by atoms with Crippen molar-refractivity contribution in [3.8, 4) is 5.75 Å². The van der Waals surface area contributed by atoms with Crippen molar-refractivity contribution < 1.29 is 18.3 Å². The maximum Gasteiger partial charge on any atom is 0.265 e. The number of amidine groups is 1. The molecule has 0 bridgehead atoms. The molecule has 1 amide bonds. The number of hydrogen-bond donors (Lipinski definition) is 1. The molecular formula is C34H41F2N3O2. The van der Waals surface area contributed by atoms with Crippen LogP contribution in [-0.4, -0.2) is 42.9 Å². The van der Waals surface area contributed by atoms with E-state index in [0.29, 0.717) is 23.5 Å². The largest absolute Gasteiger partial charge is 0.492 e. The molecular weight excluding hydrogens is 520 g/mol. The molecule has 1 N–H and O–H groups in total. The fourth-order valence-electron chi connectivity index (χ4n) is 5.54. The predicted octanol–water partition coefficient (Wildman–Crippen LogP) is 6.85. The number of ether oxygens (including phenoxy) is 1. The molecule has 0 saturated carbocycles. The maximum absolute atomic E-state index is 13.5. The first kappa shape index (κ1) is 30.4. The summed E-state index contributed by atoms with van der Waals surface area (Å²) in [5, 5.41) is 3.38. The maximum atomic E-state index is 13.5. The minimum absolute atomic E-state index is 0.0493. The van der Waals surface area contributed by atoms with Gasteiger partial charge in [0.1, 0.15) is 23.2 Å². The summed E-state index contributed by atoms with van der Waals surface area (Å²) >= 11 is 0. The Kier molecular flexibility index (Phi) is 9.59. The van der Waals surface area contributed by atoms with Gasteiger partial charge in [0.05, 0.1) is 6.61 Å². The Morgan fingerprint density at radius 1 is 0.951 bits per heavy atom. The lowest BCUT2D eigenvalue weighted by atomic mass is 9.81. The molecule has 0 radical (unpaired) electrons. The van der Waals surface area contributed by atoms with Gasteiger partial charge in [0.15, 0.2) is 5.54 Å². The van der Waals surface area contributed by atoms with Gasteiger partial charge in [-0.1, -0.05) is 77.1 Å². The highest BCUT2D eigenvalue weighted by Gasteiger charge is 2.51. The second-order valence-corrected chi connectivity index (χ2v) is 11.3. The van der Waals surface area contributed by atoms with Crippen molar-refractivity contribution in [2.45, 2.75) is 58.4 Å². The summed E-state index contributed by atoms with van der Waals surface area (Å²) in [7, 11) is 0. The van der Waals surface area contributed by atoms with Crippen molar-refractivity contribution in [3.63, 3.8) is 0 Å². The van der Waals surface area contributed by atoms with Crippen molar-refractivity contribution in [2.24, 2.45) is 10.9 Å². The zero-order chi connectivity index (χ0) is 29.6. The smallest absolute Gasteiger partial charge is 0.265 e. The van der Waals surface area contributed by atoms with Crippen LogP contribution < -0.4 is 10.1 Å². The van der Waals surface area contributed by atoms with Crippen LogP contribution in [0.25, 0.3) is 0 Å². The second-order valence-electron chi connectivity index (χ2n) is 11.3. The number of carbonyl (C=O) groups is 1. The number of aliphatic imine (C=N–C) groups is 1. The van der Waals surface area contributed by atoms with Gasteiger partial charge >= 0.3 is 0 Å². The molecule has 0 aromatic heterocycles. The normalized spacial score (nSPS) is 19.0. The summed E-state index contributed by atoms with van der Waals surface area (Å²) in [4.78, 5) is 20.1. The summed E-state index contributed by atoms with van der Waals surface area (Å²) in [5.74, 6) is 0.871. The highest BCUT2D eigenvalue weighted by Crippen LogP contribution is 2.42. The molecule has 0 spiro atoms. The third-order valence-electron chi connectivity index (χ3n) is 7.79. The van der Waals surface area contributed by atoms with Crippen molar-refractivity contribution >= 4 is 11.7 Å². The van der Waals surface area contributed by atoms with Crippen molar-refractivity contribution in [1.29, 1.82) is 0 Å². The topological polar surface area (TPSA) is 53.9 Å². The van der Waals surface area contributed by atoms with E-state index in [2.05, 4.69) is 37.4 Å². The van der Waals surface area contributed by atoms with Gasteiger partial charge in [-0.15, -0.1) is 0 Å². The first-order valence-electron chi connectivity index (χ1n) is 14.5. The van der Waals surface area contributed by atoms with E-state index < -0.39 is 5.54 Å². The first-order valence-corrected chi connectivity index (χ1v) is 14.5. The molecule has 41 heavy (non-hydrogen) atoms. The fraction of sp³-hybridized carbons (Fsp3) is 0.412. The van der Waals surface area contributed by atoms with Gasteiger partial charge < -0.3 is 10.1 Å². The number of nitrogens with zero attached hydrogens (tertiary/aromatic N) is 2. The van der Waals surface area contributed by atoms with Crippen molar-refractivity contribution in [3.05, 3.63) is 101 Å². The molecule has 0 aliphatic carbocycles. The van der Waals surface area contributed by atoms with Gasteiger partial charge in [0, 0.05) is 23.4 Å². The van der Waals surface area contributed by atoms with Crippen LogP contribution in [-0.2, 0) is 15.7 Å². The van der Waals surface area contributed by atoms with E-state index in [-0.39, 0.29) is 28.9 Å². The average molecular weight is 562 g/mol. The molecule has 1 unspecified atom stereocenters. The Hall–Kier alpha value is -3.58. The molecule has 0 fully saturated rings. The molecule has 7 heteroatoms. The Balaban J connectivity index is 0.000000218. The van der Waals surface area contributed by atoms with Gasteiger partial charge in [0.25, 0.3) is 5.91 Å². The summed E-state index contributed by atoms with van der Waals surface area (Å²) in [6, 6.07) is 20.0. The third-order valence-corrected chi connectivity index (χ3v) is 7.79. The van der Waals surface area contributed by atoms with Crippen LogP contribution in [0.5, 0.6) is 5.75 Å². The highest BCUT2D eigenvalue weighted by atomic mass is 19.1. The van der Waals surface area contributed by atoms with Gasteiger partial charge in [0.2, 0.25) is 0 Å². The molecule has 5 nitrogen and oxygen atoms in total. The monoisotopic (exact) mass is 561 g/mol. The molecule has 2 aliphatic rings. The van der Waals surface area contributed by atoms with Crippen LogP contribution in [0.3, 0.4) is 0 Å². The van der Waals surface area contributed by atoms with Crippen LogP contribution in [0.1, 0.15) is 64.2 Å². The predicted molar refractivity (Wildman–Crippen MR) is 160 cm³/mol. The summed E-state index contributed by atoms with van der Waals surface area (Å²) in [5.41, 5.74) is 1.40. The molecule has 218 valence electrons. The van der Waals surface area contributed by atoms with E-state index in [1.165, 1.54) is 29.8 Å². The van der Waals surface area contributed by atoms with Gasteiger partial charge in [-0.3, -0.25) is 9.69 Å². The lowest BCUT2D eigenvalue weighted by Gasteiger charge is -2.27. The second kappa shape index (κ2) is 12.9. The zero-order valence-corrected chi connectivity index (χ0v) is 24.7. The molecule has 1 atom stereocenters. The van der Waals surface area contributed by atoms with E-state index in [4.69, 9.17) is 9.73 Å². The van der Waals surface area contributed by atoms with Crippen LogP contribution >= 0.6 is 0 Å². The number of para-hydroxylation sites is 1. The zero-order valence-electron chi connectivity index (χ0n) is 24.7. The Bertz CT molecular complexity index is 1310. The molecule has 2 aliphatic heterocycles. The number of hydrogen-bond acceptors (Lipinski definition) is 4. The van der Waals surface area contributed by atoms with Crippen molar-refractivity contribution in [2.75, 3.05) is 26.2 Å². The first-order chi connectivity index (χ1) is 19.7. The summed E-state index contributed by atoms with van der Waals surface area (Å²) in [6.07, 6.45) is 1.93. The fourth-order valence-corrected chi connectivity index (χ4v) is 5.54. The van der Waals surface area contributed by atoms with Crippen LogP contribution in [0.4, 0.5) is 8.78 Å². The van der Waals surface area contributed by atoms with Gasteiger partial charge in [-0.2, -0.15) is 0 Å². The summed E-state index contributed by atoms with van der Waals surface area (Å²) < 4.78 is 32.7. The number of rotatable bonds is 9. The number of carbonyl (C=O) groups excluding carboxylic acids is 1. The quantitative estimate of drug-likeness (QED) is 0.291. The lowest BCUT2D eigenvalue weighted by molar-refractivity contribution is -0.130. The van der Waals surface area contributed by atoms with E-state index in [0.717, 1.165) is 38.3 Å². The van der Waals surface area contributed by atoms with Crippen molar-refractivity contribution in [1.82, 2.24) is 10.2 Å². The minimum Gasteiger partial charge on any atom is -0.492 e. The molecule has 3 aromatic rings.